The fraction of sp³-hybridized carbons (Fsp3) is 0.471. The van der Waals surface area contributed by atoms with Crippen LogP contribution in [0.5, 0.6) is 0 Å². The van der Waals surface area contributed by atoms with Gasteiger partial charge in [0.2, 0.25) is 0 Å². The number of hydrogen-bond donors (Lipinski definition) is 2. The molecule has 0 radical (unpaired) electrons. The molecule has 1 aliphatic rings. The summed E-state index contributed by atoms with van der Waals surface area (Å²) in [5, 5.41) is 2.98. The van der Waals surface area contributed by atoms with Crippen molar-refractivity contribution >= 4 is 11.6 Å². The van der Waals surface area contributed by atoms with Gasteiger partial charge in [-0.05, 0) is 49.4 Å². The average molecular weight is 286 g/mol. The van der Waals surface area contributed by atoms with E-state index in [0.29, 0.717) is 13.2 Å². The zero-order chi connectivity index (χ0) is 15.1. The van der Waals surface area contributed by atoms with E-state index < -0.39 is 0 Å². The molecular formula is C17H22N2O2. The fourth-order valence-corrected chi connectivity index (χ4v) is 2.40. The number of amides is 1. The molecule has 1 aliphatic heterocycles. The Morgan fingerprint density at radius 1 is 1.48 bits per heavy atom. The van der Waals surface area contributed by atoms with Crippen LogP contribution in [0, 0.1) is 11.8 Å². The second-order valence-corrected chi connectivity index (χ2v) is 5.08. The van der Waals surface area contributed by atoms with Gasteiger partial charge >= 0.3 is 0 Å². The van der Waals surface area contributed by atoms with Crippen molar-refractivity contribution in [2.75, 3.05) is 18.5 Å². The summed E-state index contributed by atoms with van der Waals surface area (Å²) in [6, 6.07) is 5.80. The predicted octanol–water partition coefficient (Wildman–Crippen LogP) is 2.07. The summed E-state index contributed by atoms with van der Waals surface area (Å²) in [4.78, 5) is 12.2. The van der Waals surface area contributed by atoms with Crippen LogP contribution in [0.15, 0.2) is 18.2 Å². The summed E-state index contributed by atoms with van der Waals surface area (Å²) in [5.74, 6) is 5.80. The number of aryl methyl sites for hydroxylation is 1. The second kappa shape index (κ2) is 7.82. The van der Waals surface area contributed by atoms with Gasteiger partial charge in [-0.25, -0.2) is 0 Å². The number of hydrogen-bond acceptors (Lipinski definition) is 3. The van der Waals surface area contributed by atoms with Gasteiger partial charge in [0, 0.05) is 17.9 Å². The third-order valence-electron chi connectivity index (χ3n) is 3.55. The summed E-state index contributed by atoms with van der Waals surface area (Å²) < 4.78 is 5.51. The Labute approximate surface area is 126 Å². The lowest BCUT2D eigenvalue weighted by Gasteiger charge is -2.22. The molecule has 0 saturated carbocycles. The highest BCUT2D eigenvalue weighted by molar-refractivity contribution is 5.95. The van der Waals surface area contributed by atoms with Crippen LogP contribution in [0.25, 0.3) is 0 Å². The number of benzene rings is 1. The molecule has 1 unspecified atom stereocenters. The molecule has 0 aliphatic carbocycles. The zero-order valence-corrected chi connectivity index (χ0v) is 12.4. The second-order valence-electron chi connectivity index (χ2n) is 5.08. The van der Waals surface area contributed by atoms with Crippen molar-refractivity contribution in [2.24, 2.45) is 5.73 Å². The van der Waals surface area contributed by atoms with E-state index in [0.717, 1.165) is 42.5 Å². The van der Waals surface area contributed by atoms with Crippen molar-refractivity contribution < 1.29 is 9.53 Å². The van der Waals surface area contributed by atoms with E-state index in [1.807, 2.05) is 18.2 Å². The minimum atomic E-state index is -0.319. The molecule has 0 spiro atoms. The Hall–Kier alpha value is -1.83. The highest BCUT2D eigenvalue weighted by Crippen LogP contribution is 2.20. The Morgan fingerprint density at radius 2 is 2.33 bits per heavy atom. The molecule has 1 aromatic rings. The van der Waals surface area contributed by atoms with Crippen molar-refractivity contribution in [2.45, 2.75) is 38.7 Å². The van der Waals surface area contributed by atoms with Gasteiger partial charge in [-0.3, -0.25) is 4.79 Å². The standard InChI is InChI=1S/C17H22N2O2/c1-2-14-12-13(6-5-10-18)8-9-15(14)19-17(20)16-7-3-4-11-21-16/h8-9,12,16H,2-4,7,10-11,18H2,1H3,(H,19,20). The molecule has 0 bridgehead atoms. The van der Waals surface area contributed by atoms with Gasteiger partial charge < -0.3 is 15.8 Å². The number of carbonyl (C=O) groups excluding carboxylic acids is 1. The van der Waals surface area contributed by atoms with Crippen LogP contribution in [-0.2, 0) is 16.0 Å². The first-order valence-electron chi connectivity index (χ1n) is 7.49. The first-order valence-corrected chi connectivity index (χ1v) is 7.49. The highest BCUT2D eigenvalue weighted by Gasteiger charge is 2.22. The normalized spacial score (nSPS) is 17.7. The van der Waals surface area contributed by atoms with Gasteiger partial charge in [-0.2, -0.15) is 0 Å². The van der Waals surface area contributed by atoms with Crippen LogP contribution >= 0.6 is 0 Å². The Bertz CT molecular complexity index is 552. The summed E-state index contributed by atoms with van der Waals surface area (Å²) in [6.45, 7) is 3.08. The third kappa shape index (κ3) is 4.32. The van der Waals surface area contributed by atoms with Crippen LogP contribution in [-0.4, -0.2) is 25.2 Å². The van der Waals surface area contributed by atoms with E-state index in [1.165, 1.54) is 0 Å². The Kier molecular flexibility index (Phi) is 5.79. The van der Waals surface area contributed by atoms with Crippen LogP contribution in [0.4, 0.5) is 5.69 Å². The minimum absolute atomic E-state index is 0.0507. The van der Waals surface area contributed by atoms with Crippen molar-refractivity contribution in [3.63, 3.8) is 0 Å². The van der Waals surface area contributed by atoms with E-state index >= 15 is 0 Å². The lowest BCUT2D eigenvalue weighted by Crippen LogP contribution is -2.33. The topological polar surface area (TPSA) is 64.3 Å². The third-order valence-corrected chi connectivity index (χ3v) is 3.55. The quantitative estimate of drug-likeness (QED) is 0.836. The maximum Gasteiger partial charge on any atom is 0.253 e. The molecule has 1 fully saturated rings. The first kappa shape index (κ1) is 15.6. The van der Waals surface area contributed by atoms with E-state index in [-0.39, 0.29) is 12.0 Å². The predicted molar refractivity (Wildman–Crippen MR) is 84.0 cm³/mol. The maximum atomic E-state index is 12.2. The number of nitrogens with one attached hydrogen (secondary N) is 1. The van der Waals surface area contributed by atoms with Crippen LogP contribution in [0.2, 0.25) is 0 Å². The van der Waals surface area contributed by atoms with Gasteiger partial charge in [0.25, 0.3) is 5.91 Å². The van der Waals surface area contributed by atoms with Gasteiger partial charge in [-0.15, -0.1) is 0 Å². The van der Waals surface area contributed by atoms with Crippen molar-refractivity contribution in [3.8, 4) is 11.8 Å². The summed E-state index contributed by atoms with van der Waals surface area (Å²) in [7, 11) is 0. The molecule has 4 heteroatoms. The molecular weight excluding hydrogens is 264 g/mol. The number of ether oxygens (including phenoxy) is 1. The maximum absolute atomic E-state index is 12.2. The molecule has 21 heavy (non-hydrogen) atoms. The largest absolute Gasteiger partial charge is 0.368 e. The van der Waals surface area contributed by atoms with Crippen LogP contribution in [0.3, 0.4) is 0 Å². The first-order chi connectivity index (χ1) is 10.2. The molecule has 3 N–H and O–H groups in total. The van der Waals surface area contributed by atoms with Crippen molar-refractivity contribution in [1.29, 1.82) is 0 Å². The number of carbonyl (C=O) groups is 1. The molecule has 1 amide bonds. The van der Waals surface area contributed by atoms with Gasteiger partial charge in [0.1, 0.15) is 6.10 Å². The number of anilines is 1. The zero-order valence-electron chi connectivity index (χ0n) is 12.4. The fourth-order valence-electron chi connectivity index (χ4n) is 2.40. The molecule has 1 atom stereocenters. The number of nitrogens with two attached hydrogens (primary N) is 1. The average Bonchev–Trinajstić information content (AvgIpc) is 2.54. The summed E-state index contributed by atoms with van der Waals surface area (Å²) >= 11 is 0. The monoisotopic (exact) mass is 286 g/mol. The minimum Gasteiger partial charge on any atom is -0.368 e. The van der Waals surface area contributed by atoms with E-state index in [4.69, 9.17) is 10.5 Å². The SMILES string of the molecule is CCc1cc(C#CCN)ccc1NC(=O)C1CCCCO1. The summed E-state index contributed by atoms with van der Waals surface area (Å²) in [6.07, 6.45) is 3.40. The van der Waals surface area contributed by atoms with Gasteiger partial charge in [-0.1, -0.05) is 18.8 Å². The van der Waals surface area contributed by atoms with Crippen molar-refractivity contribution in [1.82, 2.24) is 0 Å². The highest BCUT2D eigenvalue weighted by atomic mass is 16.5. The molecule has 1 aromatic carbocycles. The van der Waals surface area contributed by atoms with Crippen LogP contribution < -0.4 is 11.1 Å². The summed E-state index contributed by atoms with van der Waals surface area (Å²) in [5.41, 5.74) is 8.22. The molecule has 1 saturated heterocycles. The molecule has 0 aromatic heterocycles. The Balaban J connectivity index is 2.09. The van der Waals surface area contributed by atoms with Gasteiger partial charge in [0.15, 0.2) is 0 Å². The number of rotatable bonds is 3. The van der Waals surface area contributed by atoms with E-state index in [2.05, 4.69) is 24.1 Å². The lowest BCUT2D eigenvalue weighted by atomic mass is 10.0. The van der Waals surface area contributed by atoms with Gasteiger partial charge in [0.05, 0.1) is 6.54 Å². The van der Waals surface area contributed by atoms with E-state index in [1.54, 1.807) is 0 Å². The van der Waals surface area contributed by atoms with Crippen LogP contribution in [0.1, 0.15) is 37.3 Å². The Morgan fingerprint density at radius 3 is 3.00 bits per heavy atom. The lowest BCUT2D eigenvalue weighted by molar-refractivity contribution is -0.129. The molecule has 4 nitrogen and oxygen atoms in total. The molecule has 2 rings (SSSR count). The smallest absolute Gasteiger partial charge is 0.253 e. The van der Waals surface area contributed by atoms with E-state index in [9.17, 15) is 4.79 Å². The van der Waals surface area contributed by atoms with Crippen molar-refractivity contribution in [3.05, 3.63) is 29.3 Å². The molecule has 112 valence electrons. The molecule has 1 heterocycles.